The predicted molar refractivity (Wildman–Crippen MR) is 50.3 cm³/mol. The Morgan fingerprint density at radius 1 is 1.30 bits per heavy atom. The molecule has 0 aromatic carbocycles. The summed E-state index contributed by atoms with van der Waals surface area (Å²) >= 11 is 1.98. The Balaban J connectivity index is 0.000000371. The van der Waals surface area contributed by atoms with Crippen molar-refractivity contribution >= 4 is 11.9 Å². The van der Waals surface area contributed by atoms with Gasteiger partial charge in [0, 0.05) is 18.3 Å². The maximum Gasteiger partial charge on any atom is 0.0146 e. The highest BCUT2D eigenvalue weighted by Crippen LogP contribution is 2.21. The molecule has 1 aliphatic heterocycles. The van der Waals surface area contributed by atoms with Crippen LogP contribution in [0.25, 0.3) is 0 Å². The molecule has 0 amide bonds. The van der Waals surface area contributed by atoms with Crippen LogP contribution in [0.2, 0.25) is 0 Å². The Morgan fingerprint density at radius 3 is 2.10 bits per heavy atom. The monoisotopic (exact) mass is 161 g/mol. The van der Waals surface area contributed by atoms with Crippen molar-refractivity contribution in [3.63, 3.8) is 0 Å². The van der Waals surface area contributed by atoms with Crippen LogP contribution in [0.3, 0.4) is 0 Å². The Kier molecular flexibility index (Phi) is 6.24. The van der Waals surface area contributed by atoms with E-state index in [1.165, 1.54) is 18.7 Å². The Bertz CT molecular complexity index is 67.7. The minimum Gasteiger partial charge on any atom is -0.248 e. The van der Waals surface area contributed by atoms with E-state index in [4.69, 9.17) is 0 Å². The van der Waals surface area contributed by atoms with Crippen molar-refractivity contribution in [2.24, 2.45) is 0 Å². The molecule has 1 fully saturated rings. The van der Waals surface area contributed by atoms with E-state index in [0.29, 0.717) is 0 Å². The first-order chi connectivity index (χ1) is 4.80. The van der Waals surface area contributed by atoms with Gasteiger partial charge in [-0.25, -0.2) is 4.31 Å². The lowest BCUT2D eigenvalue weighted by Gasteiger charge is -2.16. The summed E-state index contributed by atoms with van der Waals surface area (Å²) in [7, 11) is 0. The molecule has 0 aromatic rings. The molecule has 1 nitrogen and oxygen atoms in total. The fourth-order valence-electron chi connectivity index (χ4n) is 0.874. The average Bonchev–Trinajstić information content (AvgIpc) is 2.42. The van der Waals surface area contributed by atoms with Crippen molar-refractivity contribution in [2.75, 3.05) is 12.3 Å². The van der Waals surface area contributed by atoms with Crippen LogP contribution in [-0.4, -0.2) is 22.6 Å². The molecule has 1 saturated heterocycles. The van der Waals surface area contributed by atoms with E-state index in [1.807, 2.05) is 25.8 Å². The zero-order chi connectivity index (χ0) is 7.98. The Morgan fingerprint density at radius 2 is 1.90 bits per heavy atom. The van der Waals surface area contributed by atoms with Crippen LogP contribution >= 0.6 is 11.9 Å². The quantitative estimate of drug-likeness (QED) is 0.544. The van der Waals surface area contributed by atoms with Gasteiger partial charge in [-0.3, -0.25) is 0 Å². The van der Waals surface area contributed by atoms with Crippen molar-refractivity contribution in [1.29, 1.82) is 0 Å². The molecule has 0 aliphatic carbocycles. The lowest BCUT2D eigenvalue weighted by Crippen LogP contribution is -2.19. The molecule has 0 spiro atoms. The van der Waals surface area contributed by atoms with Gasteiger partial charge in [0.1, 0.15) is 0 Å². The minimum atomic E-state index is 0.738. The Hall–Kier alpha value is 0.310. The molecular formula is C8H19NS. The van der Waals surface area contributed by atoms with Crippen LogP contribution in [-0.2, 0) is 0 Å². The van der Waals surface area contributed by atoms with Crippen LogP contribution in [0.15, 0.2) is 0 Å². The van der Waals surface area contributed by atoms with Crippen LogP contribution in [0.1, 0.15) is 34.1 Å². The van der Waals surface area contributed by atoms with E-state index in [2.05, 4.69) is 18.2 Å². The predicted octanol–water partition coefficient (Wildman–Crippen LogP) is 2.77. The molecule has 1 rings (SSSR count). The number of hydrogen-bond donors (Lipinski definition) is 0. The SMILES string of the molecule is CC.CC(C)N1CCCS1. The summed E-state index contributed by atoms with van der Waals surface area (Å²) in [6, 6.07) is 0.738. The zero-order valence-electron chi connectivity index (χ0n) is 7.55. The van der Waals surface area contributed by atoms with Crippen molar-refractivity contribution in [2.45, 2.75) is 40.2 Å². The number of rotatable bonds is 1. The standard InChI is InChI=1S/C6H13NS.C2H6/c1-6(2)7-4-3-5-8-7;1-2/h6H,3-5H2,1-2H3;1-2H3. The number of nitrogens with zero attached hydrogens (tertiary/aromatic N) is 1. The van der Waals surface area contributed by atoms with Crippen molar-refractivity contribution in [3.8, 4) is 0 Å². The third-order valence-electron chi connectivity index (χ3n) is 1.36. The van der Waals surface area contributed by atoms with Gasteiger partial charge in [0.05, 0.1) is 0 Å². The average molecular weight is 161 g/mol. The summed E-state index contributed by atoms with van der Waals surface area (Å²) in [6.45, 7) is 9.79. The van der Waals surface area contributed by atoms with E-state index >= 15 is 0 Å². The normalized spacial score (nSPS) is 18.9. The summed E-state index contributed by atoms with van der Waals surface area (Å²) in [4.78, 5) is 0. The first-order valence-corrected chi connectivity index (χ1v) is 5.14. The van der Waals surface area contributed by atoms with Crippen LogP contribution in [0, 0.1) is 0 Å². The summed E-state index contributed by atoms with van der Waals surface area (Å²) in [6.07, 6.45) is 1.38. The molecule has 0 radical (unpaired) electrons. The lowest BCUT2D eigenvalue weighted by molar-refractivity contribution is 0.417. The molecule has 62 valence electrons. The van der Waals surface area contributed by atoms with Crippen LogP contribution in [0.5, 0.6) is 0 Å². The molecule has 0 bridgehead atoms. The van der Waals surface area contributed by atoms with E-state index in [0.717, 1.165) is 6.04 Å². The number of hydrogen-bond acceptors (Lipinski definition) is 2. The molecule has 10 heavy (non-hydrogen) atoms. The fraction of sp³-hybridized carbons (Fsp3) is 1.00. The molecule has 0 aromatic heterocycles. The summed E-state index contributed by atoms with van der Waals surface area (Å²) in [5.41, 5.74) is 0. The van der Waals surface area contributed by atoms with Gasteiger partial charge in [0.15, 0.2) is 0 Å². The van der Waals surface area contributed by atoms with Crippen molar-refractivity contribution in [1.82, 2.24) is 4.31 Å². The van der Waals surface area contributed by atoms with Gasteiger partial charge >= 0.3 is 0 Å². The van der Waals surface area contributed by atoms with Crippen LogP contribution in [0.4, 0.5) is 0 Å². The first kappa shape index (κ1) is 10.3. The van der Waals surface area contributed by atoms with Gasteiger partial charge in [0.25, 0.3) is 0 Å². The van der Waals surface area contributed by atoms with Gasteiger partial charge in [0.2, 0.25) is 0 Å². The van der Waals surface area contributed by atoms with E-state index < -0.39 is 0 Å². The summed E-state index contributed by atoms with van der Waals surface area (Å²) in [5.74, 6) is 1.33. The van der Waals surface area contributed by atoms with E-state index in [9.17, 15) is 0 Å². The highest BCUT2D eigenvalue weighted by Gasteiger charge is 2.14. The summed E-state index contributed by atoms with van der Waals surface area (Å²) < 4.78 is 2.44. The molecule has 1 aliphatic rings. The van der Waals surface area contributed by atoms with Gasteiger partial charge in [-0.2, -0.15) is 0 Å². The second-order valence-corrected chi connectivity index (χ2v) is 3.56. The van der Waals surface area contributed by atoms with Crippen molar-refractivity contribution < 1.29 is 0 Å². The second-order valence-electron chi connectivity index (χ2n) is 2.42. The topological polar surface area (TPSA) is 3.24 Å². The minimum absolute atomic E-state index is 0.738. The largest absolute Gasteiger partial charge is 0.248 e. The highest BCUT2D eigenvalue weighted by molar-refractivity contribution is 7.97. The highest BCUT2D eigenvalue weighted by atomic mass is 32.2. The Labute approximate surface area is 69.3 Å². The van der Waals surface area contributed by atoms with Gasteiger partial charge < -0.3 is 0 Å². The molecule has 1 heterocycles. The smallest absolute Gasteiger partial charge is 0.0146 e. The van der Waals surface area contributed by atoms with Crippen LogP contribution < -0.4 is 0 Å². The van der Waals surface area contributed by atoms with Crippen molar-refractivity contribution in [3.05, 3.63) is 0 Å². The van der Waals surface area contributed by atoms with Gasteiger partial charge in [-0.15, -0.1) is 0 Å². The van der Waals surface area contributed by atoms with Gasteiger partial charge in [-0.1, -0.05) is 25.8 Å². The molecule has 0 atom stereocenters. The lowest BCUT2D eigenvalue weighted by atomic mass is 10.4. The first-order valence-electron chi connectivity index (χ1n) is 4.20. The molecule has 2 heteroatoms. The molecule has 0 N–H and O–H groups in total. The molecule has 0 unspecified atom stereocenters. The zero-order valence-corrected chi connectivity index (χ0v) is 8.37. The van der Waals surface area contributed by atoms with E-state index in [1.54, 1.807) is 0 Å². The van der Waals surface area contributed by atoms with E-state index in [-0.39, 0.29) is 0 Å². The third kappa shape index (κ3) is 3.47. The van der Waals surface area contributed by atoms with Gasteiger partial charge in [-0.05, 0) is 20.3 Å². The third-order valence-corrected chi connectivity index (χ3v) is 2.76. The molecular weight excluding hydrogens is 142 g/mol. The maximum atomic E-state index is 2.44. The summed E-state index contributed by atoms with van der Waals surface area (Å²) in [5, 5.41) is 0. The fourth-order valence-corrected chi connectivity index (χ4v) is 1.92. The second kappa shape index (κ2) is 6.05. The maximum absolute atomic E-state index is 2.44. The molecule has 0 saturated carbocycles.